The number of benzene rings is 2. The molecule has 0 saturated carbocycles. The fraction of sp³-hybridized carbons (Fsp3) is 0.381. The Morgan fingerprint density at radius 3 is 2.46 bits per heavy atom. The number of nitrogens with zero attached hydrogens (tertiary/aromatic N) is 2. The number of aromatic hydroxyl groups is 1. The zero-order valence-electron chi connectivity index (χ0n) is 15.2. The minimum Gasteiger partial charge on any atom is -0.508 e. The van der Waals surface area contributed by atoms with Crippen LogP contribution in [0.3, 0.4) is 0 Å². The predicted molar refractivity (Wildman–Crippen MR) is 103 cm³/mol. The van der Waals surface area contributed by atoms with Crippen LogP contribution in [0.15, 0.2) is 48.5 Å². The van der Waals surface area contributed by atoms with E-state index in [0.717, 1.165) is 50.5 Å². The third-order valence-corrected chi connectivity index (χ3v) is 5.76. The highest BCUT2D eigenvalue weighted by atomic mass is 16.3. The molecule has 26 heavy (non-hydrogen) atoms. The highest BCUT2D eigenvalue weighted by Gasteiger charge is 2.35. The summed E-state index contributed by atoms with van der Waals surface area (Å²) in [6.07, 6.45) is 0.957. The standard InChI is InChI=1S/C21H25N3O2/c1-16(21(26)24-11-10-17-4-2-3-5-20(17)24)22-12-14-23(15-13-22)18-6-8-19(25)9-7-18/h2-9,16,25H,10-15H2,1H3/p+1/t16-/m0/s1. The Balaban J connectivity index is 1.38. The number of amides is 1. The largest absolute Gasteiger partial charge is 0.508 e. The fourth-order valence-corrected chi connectivity index (χ4v) is 4.12. The van der Waals surface area contributed by atoms with Crippen LogP contribution in [-0.2, 0) is 11.2 Å². The van der Waals surface area contributed by atoms with Crippen molar-refractivity contribution in [2.45, 2.75) is 19.4 Å². The van der Waals surface area contributed by atoms with Gasteiger partial charge in [0.15, 0.2) is 6.04 Å². The van der Waals surface area contributed by atoms with Gasteiger partial charge in [0.1, 0.15) is 5.75 Å². The topological polar surface area (TPSA) is 48.2 Å². The smallest absolute Gasteiger partial charge is 0.284 e. The number of carbonyl (C=O) groups excluding carboxylic acids is 1. The minimum atomic E-state index is -0.0249. The summed E-state index contributed by atoms with van der Waals surface area (Å²) in [7, 11) is 0. The molecule has 0 spiro atoms. The Kier molecular flexibility index (Phi) is 4.55. The van der Waals surface area contributed by atoms with Gasteiger partial charge in [0.05, 0.1) is 26.2 Å². The van der Waals surface area contributed by atoms with Crippen molar-refractivity contribution in [3.63, 3.8) is 0 Å². The van der Waals surface area contributed by atoms with Gasteiger partial charge < -0.3 is 19.8 Å². The van der Waals surface area contributed by atoms with E-state index in [1.807, 2.05) is 29.2 Å². The van der Waals surface area contributed by atoms with E-state index in [4.69, 9.17) is 0 Å². The Bertz CT molecular complexity index is 782. The molecular weight excluding hydrogens is 326 g/mol. The zero-order chi connectivity index (χ0) is 18.1. The molecule has 4 rings (SSSR count). The summed E-state index contributed by atoms with van der Waals surface area (Å²) in [5.41, 5.74) is 3.50. The molecule has 5 nitrogen and oxygen atoms in total. The molecule has 0 unspecified atom stereocenters. The normalized spacial score (nSPS) is 18.7. The molecule has 1 saturated heterocycles. The first kappa shape index (κ1) is 16.9. The second-order valence-electron chi connectivity index (χ2n) is 7.25. The number of phenols is 1. The Hall–Kier alpha value is -2.53. The number of para-hydroxylation sites is 1. The van der Waals surface area contributed by atoms with Crippen molar-refractivity contribution in [3.05, 3.63) is 54.1 Å². The third-order valence-electron chi connectivity index (χ3n) is 5.76. The molecule has 2 N–H and O–H groups in total. The van der Waals surface area contributed by atoms with E-state index in [1.165, 1.54) is 10.5 Å². The van der Waals surface area contributed by atoms with E-state index < -0.39 is 0 Å². The Morgan fingerprint density at radius 1 is 1.04 bits per heavy atom. The van der Waals surface area contributed by atoms with Crippen LogP contribution in [0.25, 0.3) is 0 Å². The van der Waals surface area contributed by atoms with Gasteiger partial charge in [-0.15, -0.1) is 0 Å². The molecule has 2 aliphatic rings. The molecule has 0 aliphatic carbocycles. The number of hydrogen-bond donors (Lipinski definition) is 2. The van der Waals surface area contributed by atoms with Crippen LogP contribution in [0.2, 0.25) is 0 Å². The second-order valence-corrected chi connectivity index (χ2v) is 7.25. The van der Waals surface area contributed by atoms with Gasteiger partial charge in [-0.05, 0) is 49.2 Å². The number of hydrogen-bond acceptors (Lipinski definition) is 3. The maximum absolute atomic E-state index is 13.1. The van der Waals surface area contributed by atoms with Crippen LogP contribution in [-0.4, -0.2) is 49.8 Å². The molecule has 0 aromatic heterocycles. The number of fused-ring (bicyclic) bond motifs is 1. The van der Waals surface area contributed by atoms with Crippen molar-refractivity contribution >= 4 is 17.3 Å². The van der Waals surface area contributed by atoms with Crippen LogP contribution in [0, 0.1) is 0 Å². The van der Waals surface area contributed by atoms with Crippen LogP contribution in [0.5, 0.6) is 5.75 Å². The molecule has 5 heteroatoms. The van der Waals surface area contributed by atoms with Gasteiger partial charge in [-0.2, -0.15) is 0 Å². The molecule has 2 aliphatic heterocycles. The van der Waals surface area contributed by atoms with E-state index in [1.54, 1.807) is 12.1 Å². The lowest BCUT2D eigenvalue weighted by atomic mass is 10.1. The van der Waals surface area contributed by atoms with Gasteiger partial charge in [-0.25, -0.2) is 0 Å². The zero-order valence-corrected chi connectivity index (χ0v) is 15.2. The van der Waals surface area contributed by atoms with E-state index in [0.29, 0.717) is 5.75 Å². The van der Waals surface area contributed by atoms with Crippen molar-refractivity contribution in [2.24, 2.45) is 0 Å². The number of piperazine rings is 1. The van der Waals surface area contributed by atoms with Crippen molar-refractivity contribution in [1.29, 1.82) is 0 Å². The first-order chi connectivity index (χ1) is 12.6. The fourth-order valence-electron chi connectivity index (χ4n) is 4.12. The lowest BCUT2D eigenvalue weighted by Gasteiger charge is -2.37. The van der Waals surface area contributed by atoms with E-state index in [-0.39, 0.29) is 11.9 Å². The monoisotopic (exact) mass is 352 g/mol. The van der Waals surface area contributed by atoms with Gasteiger partial charge in [0.2, 0.25) is 0 Å². The van der Waals surface area contributed by atoms with Crippen LogP contribution < -0.4 is 14.7 Å². The maximum Gasteiger partial charge on any atom is 0.284 e. The molecule has 2 aromatic rings. The molecule has 1 fully saturated rings. The number of phenolic OH excluding ortho intramolecular Hbond substituents is 1. The lowest BCUT2D eigenvalue weighted by Crippen LogP contribution is -3.19. The van der Waals surface area contributed by atoms with Crippen molar-refractivity contribution in [1.82, 2.24) is 0 Å². The maximum atomic E-state index is 13.1. The predicted octanol–water partition coefficient (Wildman–Crippen LogP) is 1.07. The third kappa shape index (κ3) is 3.15. The molecule has 2 heterocycles. The number of carbonyl (C=O) groups is 1. The van der Waals surface area contributed by atoms with Crippen LogP contribution in [0.4, 0.5) is 11.4 Å². The first-order valence-corrected chi connectivity index (χ1v) is 9.41. The number of nitrogens with one attached hydrogen (secondary N) is 1. The van der Waals surface area contributed by atoms with E-state index >= 15 is 0 Å². The summed E-state index contributed by atoms with van der Waals surface area (Å²) in [5, 5.41) is 9.44. The van der Waals surface area contributed by atoms with Gasteiger partial charge in [0, 0.05) is 17.9 Å². The average Bonchev–Trinajstić information content (AvgIpc) is 3.12. The highest BCUT2D eigenvalue weighted by molar-refractivity contribution is 5.97. The number of rotatable bonds is 3. The van der Waals surface area contributed by atoms with Crippen molar-refractivity contribution in [3.8, 4) is 5.75 Å². The Morgan fingerprint density at radius 2 is 1.73 bits per heavy atom. The minimum absolute atomic E-state index is 0.0249. The number of anilines is 2. The van der Waals surface area contributed by atoms with Crippen LogP contribution >= 0.6 is 0 Å². The number of quaternary nitrogens is 1. The SMILES string of the molecule is C[C@@H](C(=O)N1CCc2ccccc21)[NH+]1CCN(c2ccc(O)cc2)CC1. The summed E-state index contributed by atoms with van der Waals surface area (Å²) in [4.78, 5) is 18.7. The molecule has 2 aromatic carbocycles. The summed E-state index contributed by atoms with van der Waals surface area (Å²) in [6.45, 7) is 6.61. The lowest BCUT2D eigenvalue weighted by molar-refractivity contribution is -0.914. The first-order valence-electron chi connectivity index (χ1n) is 9.41. The molecule has 1 amide bonds. The van der Waals surface area contributed by atoms with E-state index in [2.05, 4.69) is 24.0 Å². The Labute approximate surface area is 154 Å². The molecule has 1 atom stereocenters. The quantitative estimate of drug-likeness (QED) is 0.869. The molecule has 0 radical (unpaired) electrons. The van der Waals surface area contributed by atoms with Crippen molar-refractivity contribution < 1.29 is 14.8 Å². The summed E-state index contributed by atoms with van der Waals surface area (Å²) in [6, 6.07) is 15.6. The average molecular weight is 352 g/mol. The van der Waals surface area contributed by atoms with Crippen molar-refractivity contribution in [2.75, 3.05) is 42.5 Å². The molecular formula is C21H26N3O2+. The van der Waals surface area contributed by atoms with Gasteiger partial charge in [-0.3, -0.25) is 4.79 Å². The van der Waals surface area contributed by atoms with Gasteiger partial charge >= 0.3 is 0 Å². The van der Waals surface area contributed by atoms with Gasteiger partial charge in [0.25, 0.3) is 5.91 Å². The molecule has 136 valence electrons. The summed E-state index contributed by atoms with van der Waals surface area (Å²) in [5.74, 6) is 0.533. The van der Waals surface area contributed by atoms with E-state index in [9.17, 15) is 9.90 Å². The highest BCUT2D eigenvalue weighted by Crippen LogP contribution is 2.27. The second kappa shape index (κ2) is 7.00. The summed E-state index contributed by atoms with van der Waals surface area (Å²) < 4.78 is 0. The van der Waals surface area contributed by atoms with Crippen LogP contribution in [0.1, 0.15) is 12.5 Å². The summed E-state index contributed by atoms with van der Waals surface area (Å²) >= 11 is 0. The van der Waals surface area contributed by atoms with Gasteiger partial charge in [-0.1, -0.05) is 18.2 Å². The molecule has 0 bridgehead atoms.